The van der Waals surface area contributed by atoms with Gasteiger partial charge in [0.1, 0.15) is 29.5 Å². The molecule has 0 saturated heterocycles. The highest BCUT2D eigenvalue weighted by atomic mass is 19.1. The summed E-state index contributed by atoms with van der Waals surface area (Å²) in [7, 11) is 0. The maximum Gasteiger partial charge on any atom is 0.168 e. The van der Waals surface area contributed by atoms with Crippen molar-refractivity contribution >= 4 is 0 Å². The molecule has 5 atom stereocenters. The van der Waals surface area contributed by atoms with Crippen molar-refractivity contribution in [2.75, 3.05) is 0 Å². The summed E-state index contributed by atoms with van der Waals surface area (Å²) in [5, 5.41) is 40.7. The summed E-state index contributed by atoms with van der Waals surface area (Å²) in [5.41, 5.74) is 1.07. The van der Waals surface area contributed by atoms with Gasteiger partial charge >= 0.3 is 0 Å². The van der Waals surface area contributed by atoms with Crippen LogP contribution in [0.1, 0.15) is 49.3 Å². The molecule has 0 amide bonds. The SMILES string of the molecule is Oc1cc2c(cc1F)O[C@H]([C@@H](O)CCC[C@H](O)[C@H]1C[C@H](O)c3cc(F)ccc3O1)CC2. The monoisotopic (exact) mass is 436 g/mol. The molecular formula is C23H26F2O6. The van der Waals surface area contributed by atoms with Crippen LogP contribution in [-0.4, -0.2) is 44.8 Å². The average molecular weight is 436 g/mol. The number of ether oxygens (including phenoxy) is 2. The van der Waals surface area contributed by atoms with Gasteiger partial charge in [-0.05, 0) is 61.9 Å². The summed E-state index contributed by atoms with van der Waals surface area (Å²) in [4.78, 5) is 0. The lowest BCUT2D eigenvalue weighted by atomic mass is 9.92. The molecule has 0 aliphatic carbocycles. The molecule has 0 bridgehead atoms. The van der Waals surface area contributed by atoms with Gasteiger partial charge in [0.05, 0.1) is 18.3 Å². The number of fused-ring (bicyclic) bond motifs is 2. The van der Waals surface area contributed by atoms with Crippen LogP contribution in [0.5, 0.6) is 17.2 Å². The molecule has 0 spiro atoms. The van der Waals surface area contributed by atoms with E-state index < -0.39 is 47.9 Å². The first-order chi connectivity index (χ1) is 14.8. The lowest BCUT2D eigenvalue weighted by molar-refractivity contribution is -0.0231. The van der Waals surface area contributed by atoms with Crippen LogP contribution in [0.15, 0.2) is 30.3 Å². The normalized spacial score (nSPS) is 24.4. The predicted molar refractivity (Wildman–Crippen MR) is 107 cm³/mol. The van der Waals surface area contributed by atoms with Crippen LogP contribution in [-0.2, 0) is 6.42 Å². The van der Waals surface area contributed by atoms with Crippen molar-refractivity contribution in [3.8, 4) is 17.2 Å². The number of hydrogen-bond acceptors (Lipinski definition) is 6. The summed E-state index contributed by atoms with van der Waals surface area (Å²) in [6, 6.07) is 6.38. The van der Waals surface area contributed by atoms with Crippen LogP contribution in [0, 0.1) is 11.6 Å². The zero-order chi connectivity index (χ0) is 22.1. The number of aliphatic hydroxyl groups is 3. The maximum atomic E-state index is 13.6. The molecule has 2 aliphatic heterocycles. The van der Waals surface area contributed by atoms with Crippen molar-refractivity contribution in [1.29, 1.82) is 0 Å². The van der Waals surface area contributed by atoms with E-state index in [1.165, 1.54) is 24.3 Å². The topological polar surface area (TPSA) is 99.4 Å². The number of aliphatic hydroxyl groups excluding tert-OH is 3. The molecule has 0 unspecified atom stereocenters. The summed E-state index contributed by atoms with van der Waals surface area (Å²) in [5.74, 6) is -0.960. The zero-order valence-electron chi connectivity index (χ0n) is 16.9. The molecule has 8 heteroatoms. The number of phenols is 1. The molecule has 2 aromatic carbocycles. The fourth-order valence-corrected chi connectivity index (χ4v) is 4.27. The largest absolute Gasteiger partial charge is 0.505 e. The molecule has 4 rings (SSSR count). The van der Waals surface area contributed by atoms with Crippen molar-refractivity contribution < 1.29 is 38.7 Å². The third-order valence-electron chi connectivity index (χ3n) is 6.03. The van der Waals surface area contributed by atoms with E-state index in [1.54, 1.807) is 0 Å². The van der Waals surface area contributed by atoms with Gasteiger partial charge in [-0.2, -0.15) is 0 Å². The first kappa shape index (κ1) is 21.8. The van der Waals surface area contributed by atoms with E-state index in [2.05, 4.69) is 0 Å². The number of hydrogen-bond donors (Lipinski definition) is 4. The molecule has 2 aromatic rings. The van der Waals surface area contributed by atoms with Crippen LogP contribution >= 0.6 is 0 Å². The molecule has 0 saturated carbocycles. The Bertz CT molecular complexity index is 937. The third kappa shape index (κ3) is 4.76. The fourth-order valence-electron chi connectivity index (χ4n) is 4.27. The van der Waals surface area contributed by atoms with Crippen LogP contribution < -0.4 is 9.47 Å². The minimum atomic E-state index is -0.916. The van der Waals surface area contributed by atoms with Crippen LogP contribution in [0.3, 0.4) is 0 Å². The van der Waals surface area contributed by atoms with Gasteiger partial charge in [-0.15, -0.1) is 0 Å². The van der Waals surface area contributed by atoms with Crippen LogP contribution in [0.25, 0.3) is 0 Å². The predicted octanol–water partition coefficient (Wildman–Crippen LogP) is 3.14. The highest BCUT2D eigenvalue weighted by Crippen LogP contribution is 2.37. The Kier molecular flexibility index (Phi) is 6.31. The highest BCUT2D eigenvalue weighted by molar-refractivity contribution is 5.42. The second-order valence-corrected chi connectivity index (χ2v) is 8.26. The average Bonchev–Trinajstić information content (AvgIpc) is 2.74. The fraction of sp³-hybridized carbons (Fsp3) is 0.478. The minimum absolute atomic E-state index is 0.154. The maximum absolute atomic E-state index is 13.6. The molecule has 0 fully saturated rings. The Labute approximate surface area is 178 Å². The Hall–Kier alpha value is -2.42. The van der Waals surface area contributed by atoms with Gasteiger partial charge < -0.3 is 29.9 Å². The van der Waals surface area contributed by atoms with Gasteiger partial charge in [0, 0.05) is 18.1 Å². The van der Waals surface area contributed by atoms with Gasteiger partial charge in [-0.3, -0.25) is 0 Å². The Morgan fingerprint density at radius 1 is 0.968 bits per heavy atom. The molecule has 4 N–H and O–H groups in total. The first-order valence-electron chi connectivity index (χ1n) is 10.5. The third-order valence-corrected chi connectivity index (χ3v) is 6.03. The quantitative estimate of drug-likeness (QED) is 0.555. The van der Waals surface area contributed by atoms with Crippen molar-refractivity contribution in [3.63, 3.8) is 0 Å². The number of phenolic OH excluding ortho intramolecular Hbond substituents is 1. The number of benzene rings is 2. The second-order valence-electron chi connectivity index (χ2n) is 8.26. The van der Waals surface area contributed by atoms with Gasteiger partial charge in [-0.1, -0.05) is 0 Å². The number of aryl methyl sites for hydroxylation is 1. The van der Waals surface area contributed by atoms with Crippen molar-refractivity contribution in [1.82, 2.24) is 0 Å². The van der Waals surface area contributed by atoms with Crippen molar-refractivity contribution in [3.05, 3.63) is 53.1 Å². The van der Waals surface area contributed by atoms with Crippen molar-refractivity contribution in [2.45, 2.75) is 69.0 Å². The van der Waals surface area contributed by atoms with E-state index in [0.29, 0.717) is 54.7 Å². The Balaban J connectivity index is 1.27. The van der Waals surface area contributed by atoms with Gasteiger partial charge in [0.25, 0.3) is 0 Å². The van der Waals surface area contributed by atoms with E-state index in [-0.39, 0.29) is 6.42 Å². The van der Waals surface area contributed by atoms with E-state index >= 15 is 0 Å². The molecule has 2 heterocycles. The molecule has 2 aliphatic rings. The van der Waals surface area contributed by atoms with E-state index in [4.69, 9.17) is 9.47 Å². The van der Waals surface area contributed by atoms with Gasteiger partial charge in [0.15, 0.2) is 11.6 Å². The summed E-state index contributed by atoms with van der Waals surface area (Å²) < 4.78 is 38.4. The molecule has 6 nitrogen and oxygen atoms in total. The van der Waals surface area contributed by atoms with Gasteiger partial charge in [0.2, 0.25) is 0 Å². The molecule has 0 radical (unpaired) electrons. The molecule has 31 heavy (non-hydrogen) atoms. The van der Waals surface area contributed by atoms with Crippen LogP contribution in [0.4, 0.5) is 8.78 Å². The first-order valence-corrected chi connectivity index (χ1v) is 10.5. The summed E-state index contributed by atoms with van der Waals surface area (Å²) in [6.45, 7) is 0. The van der Waals surface area contributed by atoms with Gasteiger partial charge in [-0.25, -0.2) is 8.78 Å². The summed E-state index contributed by atoms with van der Waals surface area (Å²) in [6.07, 6.45) is -1.24. The lowest BCUT2D eigenvalue weighted by Gasteiger charge is -2.33. The molecule has 0 aromatic heterocycles. The molecule has 168 valence electrons. The number of rotatable bonds is 6. The smallest absolute Gasteiger partial charge is 0.168 e. The Morgan fingerprint density at radius 3 is 2.45 bits per heavy atom. The van der Waals surface area contributed by atoms with Crippen molar-refractivity contribution in [2.24, 2.45) is 0 Å². The van der Waals surface area contributed by atoms with E-state index in [9.17, 15) is 29.2 Å². The van der Waals surface area contributed by atoms with E-state index in [1.807, 2.05) is 0 Å². The summed E-state index contributed by atoms with van der Waals surface area (Å²) >= 11 is 0. The number of aromatic hydroxyl groups is 1. The number of halogens is 2. The van der Waals surface area contributed by atoms with Crippen LogP contribution in [0.2, 0.25) is 0 Å². The lowest BCUT2D eigenvalue weighted by Crippen LogP contribution is -2.37. The second kappa shape index (κ2) is 8.98. The molecular weight excluding hydrogens is 410 g/mol. The zero-order valence-corrected chi connectivity index (χ0v) is 16.9. The minimum Gasteiger partial charge on any atom is -0.505 e. The standard InChI is InChI=1S/C23H26F2O6/c24-13-5-7-20-14(9-13)18(28)11-23(30-20)17(27)3-1-2-16(26)21-6-4-12-8-19(29)15(25)10-22(12)31-21/h5,7-10,16-18,21,23,26-29H,1-4,6,11H2/t16-,17-,18-,21-,23+/m0/s1. The Morgan fingerprint density at radius 2 is 1.68 bits per heavy atom. The van der Waals surface area contributed by atoms with E-state index in [0.717, 1.165) is 6.07 Å². The highest BCUT2D eigenvalue weighted by Gasteiger charge is 2.32.